The Morgan fingerprint density at radius 3 is 2.53 bits per heavy atom. The number of carbonyl (C=O) groups is 1. The Kier molecular flexibility index (Phi) is 3.57. The van der Waals surface area contributed by atoms with Gasteiger partial charge >= 0.3 is 6.43 Å². The van der Waals surface area contributed by atoms with Gasteiger partial charge in [-0.3, -0.25) is 4.79 Å². The van der Waals surface area contributed by atoms with Crippen LogP contribution in [0.15, 0.2) is 12.1 Å². The van der Waals surface area contributed by atoms with Crippen molar-refractivity contribution in [1.82, 2.24) is 0 Å². The van der Waals surface area contributed by atoms with Gasteiger partial charge in [0.05, 0.1) is 12.7 Å². The van der Waals surface area contributed by atoms with Crippen molar-refractivity contribution in [3.63, 3.8) is 0 Å². The van der Waals surface area contributed by atoms with Gasteiger partial charge in [0.15, 0.2) is 5.82 Å². The smallest absolute Gasteiger partial charge is 0.300 e. The van der Waals surface area contributed by atoms with Gasteiger partial charge in [0, 0.05) is 0 Å². The highest BCUT2D eigenvalue weighted by atomic mass is 35.5. The maximum atomic E-state index is 13.3. The third-order valence-corrected chi connectivity index (χ3v) is 2.08. The number of rotatable bonds is 3. The number of halogens is 4. The summed E-state index contributed by atoms with van der Waals surface area (Å²) in [6.45, 7) is 0. The number of ketones is 1. The van der Waals surface area contributed by atoms with Crippen LogP contribution in [-0.2, 0) is 0 Å². The molecule has 6 heteroatoms. The lowest BCUT2D eigenvalue weighted by atomic mass is 10.1. The van der Waals surface area contributed by atoms with Crippen LogP contribution in [0.4, 0.5) is 13.2 Å². The number of Topliss-reactive ketones (excluding diaryl/α,β-unsaturated/α-hetero) is 1. The lowest BCUT2D eigenvalue weighted by Gasteiger charge is -2.07. The van der Waals surface area contributed by atoms with Crippen molar-refractivity contribution < 1.29 is 22.7 Å². The van der Waals surface area contributed by atoms with Crippen molar-refractivity contribution in [2.45, 2.75) is 6.43 Å². The molecule has 0 atom stereocenters. The zero-order valence-corrected chi connectivity index (χ0v) is 8.32. The largest absolute Gasteiger partial charge is 0.495 e. The van der Waals surface area contributed by atoms with E-state index in [1.807, 2.05) is 0 Å². The highest BCUT2D eigenvalue weighted by Crippen LogP contribution is 2.30. The number of carbonyl (C=O) groups excluding carboxylic acids is 1. The minimum Gasteiger partial charge on any atom is -0.495 e. The molecule has 0 heterocycles. The second-order valence-corrected chi connectivity index (χ2v) is 2.99. The van der Waals surface area contributed by atoms with E-state index in [-0.39, 0.29) is 5.75 Å². The summed E-state index contributed by atoms with van der Waals surface area (Å²) >= 11 is 5.45. The van der Waals surface area contributed by atoms with Crippen LogP contribution in [0.1, 0.15) is 10.4 Å². The van der Waals surface area contributed by atoms with Crippen molar-refractivity contribution in [1.29, 1.82) is 0 Å². The standard InChI is InChI=1S/C9H6ClF3O2/c1-15-5-3-2-4(7(11)6(5)10)8(14)9(12)13/h2-3,9H,1H3. The molecule has 0 unspecified atom stereocenters. The Hall–Kier alpha value is -1.23. The molecule has 0 aliphatic rings. The summed E-state index contributed by atoms with van der Waals surface area (Å²) in [5, 5.41) is -0.482. The molecule has 0 saturated carbocycles. The van der Waals surface area contributed by atoms with Crippen molar-refractivity contribution in [3.8, 4) is 5.75 Å². The van der Waals surface area contributed by atoms with Crippen LogP contribution < -0.4 is 4.74 Å². The second-order valence-electron chi connectivity index (χ2n) is 2.61. The molecule has 0 aliphatic heterocycles. The molecule has 82 valence electrons. The molecule has 0 radical (unpaired) electrons. The summed E-state index contributed by atoms with van der Waals surface area (Å²) in [7, 11) is 1.25. The molecule has 0 bridgehead atoms. The molecule has 0 fully saturated rings. The van der Waals surface area contributed by atoms with Gasteiger partial charge in [-0.2, -0.15) is 0 Å². The van der Waals surface area contributed by atoms with E-state index in [0.29, 0.717) is 0 Å². The number of benzene rings is 1. The first-order chi connectivity index (χ1) is 6.99. The molecule has 0 N–H and O–H groups in total. The Labute approximate surface area is 88.6 Å². The Morgan fingerprint density at radius 2 is 2.07 bits per heavy atom. The summed E-state index contributed by atoms with van der Waals surface area (Å²) in [5.41, 5.74) is -0.740. The second kappa shape index (κ2) is 4.53. The summed E-state index contributed by atoms with van der Waals surface area (Å²) in [4.78, 5) is 10.8. The SMILES string of the molecule is COc1ccc(C(=O)C(F)F)c(F)c1Cl. The third-order valence-electron chi connectivity index (χ3n) is 1.73. The fourth-order valence-electron chi connectivity index (χ4n) is 0.997. The quantitative estimate of drug-likeness (QED) is 0.757. The number of ether oxygens (including phenoxy) is 1. The van der Waals surface area contributed by atoms with E-state index in [9.17, 15) is 18.0 Å². The van der Waals surface area contributed by atoms with Gasteiger partial charge < -0.3 is 4.74 Å². The minimum atomic E-state index is -3.26. The van der Waals surface area contributed by atoms with Crippen molar-refractivity contribution >= 4 is 17.4 Å². The summed E-state index contributed by atoms with van der Waals surface area (Å²) < 4.78 is 42.0. The van der Waals surface area contributed by atoms with Gasteiger partial charge in [-0.05, 0) is 12.1 Å². The van der Waals surface area contributed by atoms with Crippen LogP contribution in [0, 0.1) is 5.82 Å². The molecule has 15 heavy (non-hydrogen) atoms. The normalized spacial score (nSPS) is 10.5. The zero-order chi connectivity index (χ0) is 11.6. The molecule has 0 aliphatic carbocycles. The number of hydrogen-bond acceptors (Lipinski definition) is 2. The lowest BCUT2D eigenvalue weighted by molar-refractivity contribution is 0.0674. The molecule has 1 rings (SSSR count). The van der Waals surface area contributed by atoms with Crippen LogP contribution in [0.25, 0.3) is 0 Å². The maximum absolute atomic E-state index is 13.3. The Balaban J connectivity index is 3.23. The molecule has 0 spiro atoms. The minimum absolute atomic E-state index is 0.0139. The van der Waals surface area contributed by atoms with Crippen molar-refractivity contribution in [2.75, 3.05) is 7.11 Å². The van der Waals surface area contributed by atoms with Crippen LogP contribution >= 0.6 is 11.6 Å². The van der Waals surface area contributed by atoms with Gasteiger partial charge in [0.25, 0.3) is 0 Å². The molecular weight excluding hydrogens is 233 g/mol. The van der Waals surface area contributed by atoms with Crippen LogP contribution in [0.2, 0.25) is 5.02 Å². The Bertz CT molecular complexity index is 393. The highest BCUT2D eigenvalue weighted by Gasteiger charge is 2.24. The topological polar surface area (TPSA) is 26.3 Å². The van der Waals surface area contributed by atoms with Gasteiger partial charge in [-0.1, -0.05) is 11.6 Å². The highest BCUT2D eigenvalue weighted by molar-refractivity contribution is 6.32. The molecule has 2 nitrogen and oxygen atoms in total. The molecule has 1 aromatic rings. The molecule has 1 aromatic carbocycles. The summed E-state index contributed by atoms with van der Waals surface area (Å²) in [5.74, 6) is -2.81. The van der Waals surface area contributed by atoms with E-state index in [4.69, 9.17) is 11.6 Å². The fraction of sp³-hybridized carbons (Fsp3) is 0.222. The first-order valence-electron chi connectivity index (χ1n) is 3.83. The predicted octanol–water partition coefficient (Wildman–Crippen LogP) is 2.94. The summed E-state index contributed by atoms with van der Waals surface area (Å²) in [6, 6.07) is 2.07. The molecule has 0 saturated heterocycles. The van der Waals surface area contributed by atoms with E-state index in [0.717, 1.165) is 12.1 Å². The van der Waals surface area contributed by atoms with Crippen LogP contribution in [0.3, 0.4) is 0 Å². The molecule has 0 amide bonds. The third kappa shape index (κ3) is 2.23. The monoisotopic (exact) mass is 238 g/mol. The van der Waals surface area contributed by atoms with Crippen molar-refractivity contribution in [3.05, 3.63) is 28.5 Å². The number of methoxy groups -OCH3 is 1. The van der Waals surface area contributed by atoms with E-state index in [1.165, 1.54) is 7.11 Å². The van der Waals surface area contributed by atoms with Gasteiger partial charge in [-0.25, -0.2) is 13.2 Å². The van der Waals surface area contributed by atoms with E-state index >= 15 is 0 Å². The number of alkyl halides is 2. The zero-order valence-electron chi connectivity index (χ0n) is 7.56. The average molecular weight is 239 g/mol. The van der Waals surface area contributed by atoms with Crippen LogP contribution in [-0.4, -0.2) is 19.3 Å². The fourth-order valence-corrected chi connectivity index (χ4v) is 1.24. The first-order valence-corrected chi connectivity index (χ1v) is 4.21. The number of hydrogen-bond donors (Lipinski definition) is 0. The summed E-state index contributed by atoms with van der Waals surface area (Å²) in [6.07, 6.45) is -3.26. The van der Waals surface area contributed by atoms with E-state index in [2.05, 4.69) is 4.74 Å². The molecule has 0 aromatic heterocycles. The van der Waals surface area contributed by atoms with Gasteiger partial charge in [0.1, 0.15) is 10.8 Å². The predicted molar refractivity (Wildman–Crippen MR) is 48.3 cm³/mol. The Morgan fingerprint density at radius 1 is 1.47 bits per heavy atom. The van der Waals surface area contributed by atoms with E-state index in [1.54, 1.807) is 0 Å². The average Bonchev–Trinajstić information content (AvgIpc) is 2.21. The van der Waals surface area contributed by atoms with Crippen molar-refractivity contribution in [2.24, 2.45) is 0 Å². The maximum Gasteiger partial charge on any atom is 0.300 e. The lowest BCUT2D eigenvalue weighted by Crippen LogP contribution is -2.12. The van der Waals surface area contributed by atoms with Gasteiger partial charge in [-0.15, -0.1) is 0 Å². The first kappa shape index (κ1) is 11.8. The van der Waals surface area contributed by atoms with Crippen LogP contribution in [0.5, 0.6) is 5.75 Å². The van der Waals surface area contributed by atoms with E-state index < -0.39 is 28.6 Å². The van der Waals surface area contributed by atoms with Gasteiger partial charge in [0.2, 0.25) is 5.78 Å². The molecular formula is C9H6ClF3O2.